The molecule has 0 atom stereocenters. The second-order valence-electron chi connectivity index (χ2n) is 3.33. The minimum Gasteiger partial charge on any atom is -0.481 e. The number of nitrogens with zero attached hydrogens (tertiary/aromatic N) is 2. The SMILES string of the molecule is CCN(CCC(=O)O)C(=O)c1ccc(=O)[nH]n1. The molecule has 0 unspecified atom stereocenters. The number of aliphatic carboxylic acids is 1. The molecule has 92 valence electrons. The van der Waals surface area contributed by atoms with Gasteiger partial charge in [0.05, 0.1) is 6.42 Å². The first kappa shape index (κ1) is 12.9. The zero-order valence-corrected chi connectivity index (χ0v) is 9.34. The maximum Gasteiger partial charge on any atom is 0.305 e. The van der Waals surface area contributed by atoms with E-state index in [9.17, 15) is 14.4 Å². The Morgan fingerprint density at radius 3 is 2.65 bits per heavy atom. The van der Waals surface area contributed by atoms with Gasteiger partial charge in [-0.05, 0) is 13.0 Å². The molecule has 2 N–H and O–H groups in total. The molecule has 0 saturated carbocycles. The molecule has 1 aromatic rings. The molecule has 17 heavy (non-hydrogen) atoms. The normalized spacial score (nSPS) is 9.94. The number of carboxylic acid groups (broad SMARTS) is 1. The Morgan fingerprint density at radius 1 is 1.47 bits per heavy atom. The van der Waals surface area contributed by atoms with E-state index < -0.39 is 17.4 Å². The van der Waals surface area contributed by atoms with Crippen molar-refractivity contribution in [2.24, 2.45) is 0 Å². The van der Waals surface area contributed by atoms with Gasteiger partial charge >= 0.3 is 5.97 Å². The van der Waals surface area contributed by atoms with Gasteiger partial charge in [0.1, 0.15) is 5.69 Å². The smallest absolute Gasteiger partial charge is 0.305 e. The lowest BCUT2D eigenvalue weighted by Crippen LogP contribution is -2.34. The average Bonchev–Trinajstić information content (AvgIpc) is 2.30. The molecular formula is C10H13N3O4. The van der Waals surface area contributed by atoms with E-state index in [2.05, 4.69) is 10.2 Å². The zero-order valence-electron chi connectivity index (χ0n) is 9.34. The van der Waals surface area contributed by atoms with Crippen molar-refractivity contribution in [3.05, 3.63) is 28.2 Å². The fourth-order valence-corrected chi connectivity index (χ4v) is 1.26. The van der Waals surface area contributed by atoms with Crippen LogP contribution in [0.3, 0.4) is 0 Å². The van der Waals surface area contributed by atoms with E-state index >= 15 is 0 Å². The van der Waals surface area contributed by atoms with Gasteiger partial charge in [-0.1, -0.05) is 0 Å². The van der Waals surface area contributed by atoms with Gasteiger partial charge in [-0.3, -0.25) is 14.4 Å². The molecule has 0 aliphatic rings. The van der Waals surface area contributed by atoms with Crippen LogP contribution in [0.1, 0.15) is 23.8 Å². The Labute approximate surface area is 97.1 Å². The van der Waals surface area contributed by atoms with Crippen molar-refractivity contribution in [2.45, 2.75) is 13.3 Å². The van der Waals surface area contributed by atoms with Crippen LogP contribution in [0.15, 0.2) is 16.9 Å². The number of nitrogens with one attached hydrogen (secondary N) is 1. The predicted octanol–water partition coefficient (Wildman–Crippen LogP) is -0.293. The van der Waals surface area contributed by atoms with Gasteiger partial charge in [0, 0.05) is 19.2 Å². The Hall–Kier alpha value is -2.18. The van der Waals surface area contributed by atoms with Crippen LogP contribution < -0.4 is 5.56 Å². The van der Waals surface area contributed by atoms with Crippen molar-refractivity contribution in [2.75, 3.05) is 13.1 Å². The summed E-state index contributed by atoms with van der Waals surface area (Å²) in [5.41, 5.74) is -0.299. The van der Waals surface area contributed by atoms with E-state index in [0.29, 0.717) is 6.54 Å². The quantitative estimate of drug-likeness (QED) is 0.734. The maximum atomic E-state index is 11.8. The van der Waals surface area contributed by atoms with Gasteiger partial charge in [0.15, 0.2) is 0 Å². The summed E-state index contributed by atoms with van der Waals surface area (Å²) in [6, 6.07) is 2.51. The largest absolute Gasteiger partial charge is 0.481 e. The van der Waals surface area contributed by atoms with Crippen molar-refractivity contribution in [3.63, 3.8) is 0 Å². The number of carbonyl (C=O) groups excluding carboxylic acids is 1. The van der Waals surface area contributed by atoms with Crippen LogP contribution in [-0.2, 0) is 4.79 Å². The van der Waals surface area contributed by atoms with Crippen LogP contribution in [0.2, 0.25) is 0 Å². The highest BCUT2D eigenvalue weighted by Crippen LogP contribution is 2.00. The number of amides is 1. The topological polar surface area (TPSA) is 103 Å². The third-order valence-electron chi connectivity index (χ3n) is 2.16. The monoisotopic (exact) mass is 239 g/mol. The second kappa shape index (κ2) is 5.78. The third-order valence-corrected chi connectivity index (χ3v) is 2.16. The molecule has 0 fully saturated rings. The lowest BCUT2D eigenvalue weighted by atomic mass is 10.3. The van der Waals surface area contributed by atoms with Gasteiger partial charge in [-0.2, -0.15) is 5.10 Å². The summed E-state index contributed by atoms with van der Waals surface area (Å²) in [5.74, 6) is -1.37. The molecular weight excluding hydrogens is 226 g/mol. The van der Waals surface area contributed by atoms with Crippen molar-refractivity contribution in [1.29, 1.82) is 0 Å². The van der Waals surface area contributed by atoms with Crippen LogP contribution >= 0.6 is 0 Å². The summed E-state index contributed by atoms with van der Waals surface area (Å²) in [6.45, 7) is 2.24. The molecule has 1 heterocycles. The second-order valence-corrected chi connectivity index (χ2v) is 3.33. The van der Waals surface area contributed by atoms with Crippen LogP contribution in [0, 0.1) is 0 Å². The Balaban J connectivity index is 2.75. The summed E-state index contributed by atoms with van der Waals surface area (Å²) < 4.78 is 0. The highest BCUT2D eigenvalue weighted by atomic mass is 16.4. The molecule has 7 heteroatoms. The average molecular weight is 239 g/mol. The first-order chi connectivity index (χ1) is 8.04. The van der Waals surface area contributed by atoms with Crippen molar-refractivity contribution >= 4 is 11.9 Å². The number of hydrogen-bond acceptors (Lipinski definition) is 4. The minimum atomic E-state index is -0.967. The van der Waals surface area contributed by atoms with Crippen molar-refractivity contribution in [3.8, 4) is 0 Å². The molecule has 1 amide bonds. The van der Waals surface area contributed by atoms with Crippen LogP contribution in [-0.4, -0.2) is 45.2 Å². The van der Waals surface area contributed by atoms with Crippen molar-refractivity contribution < 1.29 is 14.7 Å². The van der Waals surface area contributed by atoms with Gasteiger partial charge in [-0.25, -0.2) is 5.10 Å². The number of hydrogen-bond donors (Lipinski definition) is 2. The maximum absolute atomic E-state index is 11.8. The molecule has 0 spiro atoms. The summed E-state index contributed by atoms with van der Waals surface area (Å²) in [4.78, 5) is 34.4. The first-order valence-electron chi connectivity index (χ1n) is 5.11. The van der Waals surface area contributed by atoms with Crippen LogP contribution in [0.25, 0.3) is 0 Å². The minimum absolute atomic E-state index is 0.0943. The van der Waals surface area contributed by atoms with Gasteiger partial charge < -0.3 is 10.0 Å². The number of aromatic nitrogens is 2. The summed E-state index contributed by atoms with van der Waals surface area (Å²) in [6.07, 6.45) is -0.122. The number of carboxylic acids is 1. The molecule has 7 nitrogen and oxygen atoms in total. The van der Waals surface area contributed by atoms with Gasteiger partial charge in [-0.15, -0.1) is 0 Å². The lowest BCUT2D eigenvalue weighted by Gasteiger charge is -2.18. The molecule has 0 saturated heterocycles. The molecule has 0 aliphatic carbocycles. The molecule has 0 aliphatic heterocycles. The lowest BCUT2D eigenvalue weighted by molar-refractivity contribution is -0.137. The van der Waals surface area contributed by atoms with E-state index in [1.165, 1.54) is 17.0 Å². The highest BCUT2D eigenvalue weighted by molar-refractivity contribution is 5.92. The van der Waals surface area contributed by atoms with Crippen LogP contribution in [0.4, 0.5) is 0 Å². The van der Waals surface area contributed by atoms with Gasteiger partial charge in [0.2, 0.25) is 0 Å². The van der Waals surface area contributed by atoms with Crippen LogP contribution in [0.5, 0.6) is 0 Å². The number of aromatic amines is 1. The van der Waals surface area contributed by atoms with E-state index in [4.69, 9.17) is 5.11 Å². The standard InChI is InChI=1S/C10H13N3O4/c1-2-13(6-5-9(15)16)10(17)7-3-4-8(14)12-11-7/h3-4H,2,5-6H2,1H3,(H,12,14)(H,15,16). The molecule has 1 aromatic heterocycles. The molecule has 0 radical (unpaired) electrons. The molecule has 1 rings (SSSR count). The third kappa shape index (κ3) is 3.71. The zero-order chi connectivity index (χ0) is 12.8. The van der Waals surface area contributed by atoms with Gasteiger partial charge in [0.25, 0.3) is 11.5 Å². The number of rotatable bonds is 5. The fraction of sp³-hybridized carbons (Fsp3) is 0.400. The number of H-pyrrole nitrogens is 1. The summed E-state index contributed by atoms with van der Waals surface area (Å²) in [5, 5.41) is 14.3. The Kier molecular flexibility index (Phi) is 4.38. The van der Waals surface area contributed by atoms with E-state index in [-0.39, 0.29) is 18.7 Å². The first-order valence-corrected chi connectivity index (χ1v) is 5.11. The van der Waals surface area contributed by atoms with E-state index in [1.807, 2.05) is 0 Å². The van der Waals surface area contributed by atoms with E-state index in [1.54, 1.807) is 6.92 Å². The fourth-order valence-electron chi connectivity index (χ4n) is 1.26. The molecule has 0 bridgehead atoms. The number of carbonyl (C=O) groups is 2. The highest BCUT2D eigenvalue weighted by Gasteiger charge is 2.16. The van der Waals surface area contributed by atoms with E-state index in [0.717, 1.165) is 0 Å². The van der Waals surface area contributed by atoms with Crippen molar-refractivity contribution in [1.82, 2.24) is 15.1 Å². The predicted molar refractivity (Wildman–Crippen MR) is 58.7 cm³/mol. The summed E-state index contributed by atoms with van der Waals surface area (Å²) >= 11 is 0. The Morgan fingerprint density at radius 2 is 2.18 bits per heavy atom. The Bertz CT molecular complexity index is 448. The molecule has 0 aromatic carbocycles. The summed E-state index contributed by atoms with van der Waals surface area (Å²) in [7, 11) is 0.